The van der Waals surface area contributed by atoms with Crippen molar-refractivity contribution in [3.05, 3.63) is 146 Å². The fourth-order valence-electron chi connectivity index (χ4n) is 2.65. The van der Waals surface area contributed by atoms with Crippen LogP contribution in [0.15, 0.2) is 60.7 Å². The number of hydrogen-bond donors (Lipinski definition) is 0. The zero-order valence-electron chi connectivity index (χ0n) is 17.6. The van der Waals surface area contributed by atoms with Crippen LogP contribution >= 0.6 is 0 Å². The Morgan fingerprint density at radius 3 is 1.28 bits per heavy atom. The van der Waals surface area contributed by atoms with E-state index in [0.29, 0.717) is 0 Å². The van der Waals surface area contributed by atoms with Crippen molar-refractivity contribution >= 4 is 10.0 Å². The van der Waals surface area contributed by atoms with Crippen molar-refractivity contribution in [1.29, 1.82) is 0 Å². The Bertz CT molecular complexity index is 774. The summed E-state index contributed by atoms with van der Waals surface area (Å²) in [6, 6.07) is 16.7. The Labute approximate surface area is 214 Å². The van der Waals surface area contributed by atoms with Gasteiger partial charge in [0.1, 0.15) is 0 Å². The summed E-state index contributed by atoms with van der Waals surface area (Å²) in [6.45, 7) is 0. The number of sulfonamides is 1. The summed E-state index contributed by atoms with van der Waals surface area (Å²) in [5.74, 6) is 0. The molecule has 0 unspecified atom stereocenters. The van der Waals surface area contributed by atoms with Gasteiger partial charge in [-0.05, 0) is 64.2 Å². The molecular formula is C25H26ClN2O2RuS. The zero-order chi connectivity index (χ0) is 21.7. The molecule has 4 nitrogen and oxygen atoms in total. The minimum absolute atomic E-state index is 0. The van der Waals surface area contributed by atoms with Gasteiger partial charge in [-0.25, -0.2) is 8.42 Å². The second kappa shape index (κ2) is 17.7. The fourth-order valence-corrected chi connectivity index (χ4v) is 3.31. The predicted molar refractivity (Wildman–Crippen MR) is 124 cm³/mol. The first-order valence-electron chi connectivity index (χ1n) is 9.54. The molecule has 0 saturated heterocycles. The van der Waals surface area contributed by atoms with Crippen LogP contribution in [0.5, 0.6) is 0 Å². The second-order valence-corrected chi connectivity index (χ2v) is 8.18. The normalized spacial score (nSPS) is 16.7. The van der Waals surface area contributed by atoms with Gasteiger partial charge in [-0.2, -0.15) is 0 Å². The molecule has 2 atom stereocenters. The van der Waals surface area contributed by atoms with Crippen LogP contribution in [0.25, 0.3) is 10.5 Å². The average Bonchev–Trinajstić information content (AvgIpc) is 3.51. The van der Waals surface area contributed by atoms with E-state index in [0.717, 1.165) is 17.4 Å². The predicted octanol–water partition coefficient (Wildman–Crippen LogP) is 2.90. The molecule has 2 aliphatic rings. The molecular weight excluding hydrogens is 529 g/mol. The molecule has 1 N–H and O–H groups in total. The molecule has 2 saturated carbocycles. The van der Waals surface area contributed by atoms with Crippen molar-refractivity contribution in [2.75, 3.05) is 6.26 Å². The molecule has 32 heavy (non-hydrogen) atoms. The maximum absolute atomic E-state index is 11.5. The minimum Gasteiger partial charge on any atom is -1.00 e. The van der Waals surface area contributed by atoms with Crippen LogP contribution in [0.3, 0.4) is 0 Å². The molecule has 2 aliphatic carbocycles. The Kier molecular flexibility index (Phi) is 17.2. The van der Waals surface area contributed by atoms with E-state index in [9.17, 15) is 8.42 Å². The van der Waals surface area contributed by atoms with Crippen molar-refractivity contribution < 1.29 is 40.3 Å². The van der Waals surface area contributed by atoms with E-state index >= 15 is 0 Å². The first kappa shape index (κ1) is 31.2. The number of nitrogens with one attached hydrogen (secondary N) is 1. The maximum Gasteiger partial charge on any atom is 3.00 e. The summed E-state index contributed by atoms with van der Waals surface area (Å²) in [5, 5.41) is 0. The summed E-state index contributed by atoms with van der Waals surface area (Å²) < 4.78 is 26.8. The molecule has 4 rings (SSSR count). The van der Waals surface area contributed by atoms with Crippen molar-refractivity contribution in [1.82, 2.24) is 0 Å². The van der Waals surface area contributed by atoms with Gasteiger partial charge in [-0.3, -0.25) is 0 Å². The first-order valence-corrected chi connectivity index (χ1v) is 11.4. The molecule has 0 bridgehead atoms. The van der Waals surface area contributed by atoms with Crippen LogP contribution in [0.1, 0.15) is 23.2 Å². The van der Waals surface area contributed by atoms with E-state index in [1.54, 1.807) is 12.1 Å². The topological polar surface area (TPSA) is 72.0 Å². The Balaban J connectivity index is 0.000000657. The van der Waals surface area contributed by atoms with Gasteiger partial charge >= 0.3 is 19.5 Å². The summed E-state index contributed by atoms with van der Waals surface area (Å²) >= 11 is 0. The third-order valence-electron chi connectivity index (χ3n) is 4.03. The van der Waals surface area contributed by atoms with Gasteiger partial charge in [0.2, 0.25) is 0 Å². The fraction of sp³-hybridized carbons (Fsp3) is 0.120. The monoisotopic (exact) mass is 555 g/mol. The summed E-state index contributed by atoms with van der Waals surface area (Å²) in [7, 11) is -3.52. The molecule has 11 radical (unpaired) electrons. The molecule has 2 aromatic rings. The maximum atomic E-state index is 11.5. The van der Waals surface area contributed by atoms with Gasteiger partial charge in [0.25, 0.3) is 0 Å². The van der Waals surface area contributed by atoms with Crippen molar-refractivity contribution in [3.63, 3.8) is 0 Å². The van der Waals surface area contributed by atoms with Crippen molar-refractivity contribution in [2.45, 2.75) is 12.1 Å². The van der Waals surface area contributed by atoms with Gasteiger partial charge in [-0.1, -0.05) is 71.8 Å². The van der Waals surface area contributed by atoms with Crippen molar-refractivity contribution in [3.8, 4) is 0 Å². The SMILES string of the molecule is CS(=O)(=O)[N-][C@@H](c1ccccc1)[C@@H]([NH-])c1ccccc1.[CH]1[CH][CH][CH][CH]1.[CH]1[CH][CH][CH][CH]1.[Cl-].[Ru+3]. The van der Waals surface area contributed by atoms with Gasteiger partial charge < -0.3 is 22.9 Å². The van der Waals surface area contributed by atoms with E-state index in [1.165, 1.54) is 0 Å². The third-order valence-corrected chi connectivity index (χ3v) is 4.64. The second-order valence-electron chi connectivity index (χ2n) is 6.51. The van der Waals surface area contributed by atoms with E-state index in [1.807, 2.05) is 113 Å². The number of benzene rings is 2. The molecule has 0 spiro atoms. The van der Waals surface area contributed by atoms with Crippen LogP contribution in [-0.2, 0) is 29.5 Å². The van der Waals surface area contributed by atoms with E-state index < -0.39 is 22.1 Å². The van der Waals surface area contributed by atoms with Gasteiger partial charge in [-0.15, -0.1) is 12.1 Å². The number of nitrogens with zero attached hydrogens (tertiary/aromatic N) is 1. The Morgan fingerprint density at radius 2 is 0.969 bits per heavy atom. The number of rotatable bonds is 5. The first-order chi connectivity index (χ1) is 14.5. The molecule has 0 aromatic heterocycles. The van der Waals surface area contributed by atoms with Crippen LogP contribution in [0.2, 0.25) is 0 Å². The molecule has 0 aliphatic heterocycles. The van der Waals surface area contributed by atoms with Crippen LogP contribution in [0.4, 0.5) is 0 Å². The van der Waals surface area contributed by atoms with E-state index in [-0.39, 0.29) is 31.9 Å². The van der Waals surface area contributed by atoms with E-state index in [2.05, 4.69) is 4.72 Å². The summed E-state index contributed by atoms with van der Waals surface area (Å²) in [5.41, 5.74) is 9.80. The van der Waals surface area contributed by atoms with Crippen LogP contribution < -0.4 is 12.4 Å². The zero-order valence-corrected chi connectivity index (χ0v) is 20.9. The smallest absolute Gasteiger partial charge is 1.00 e. The van der Waals surface area contributed by atoms with Crippen LogP contribution in [-0.4, -0.2) is 14.7 Å². The quantitative estimate of drug-likeness (QED) is 0.533. The van der Waals surface area contributed by atoms with Crippen LogP contribution in [0, 0.1) is 64.2 Å². The van der Waals surface area contributed by atoms with Gasteiger partial charge in [0.15, 0.2) is 0 Å². The summed E-state index contributed by atoms with van der Waals surface area (Å²) in [4.78, 5) is 0. The van der Waals surface area contributed by atoms with Gasteiger partial charge in [0.05, 0.1) is 10.0 Å². The minimum atomic E-state index is -3.52. The summed E-state index contributed by atoms with van der Waals surface area (Å²) in [6.07, 6.45) is 21.1. The van der Waals surface area contributed by atoms with E-state index in [4.69, 9.17) is 5.73 Å². The molecule has 2 aromatic carbocycles. The third kappa shape index (κ3) is 13.1. The Morgan fingerprint density at radius 1 is 0.656 bits per heavy atom. The Hall–Kier alpha value is -0.777. The number of halogens is 1. The number of hydrogen-bond acceptors (Lipinski definition) is 2. The standard InChI is InChI=1S/C15H16N2O2S.2C5H5.ClH.Ru/c1-20(18,19)17-15(13-10-6-3-7-11-13)14(16)12-8-4-2-5-9-12;2*1-2-4-5-3-1;;/h2-11,14-16H,1H3;2*1-5H;1H;/q-2;;;;+3/p-1/t14-,15-;;;;/m0..../s1. The molecule has 2 fully saturated rings. The molecule has 0 heterocycles. The molecule has 0 amide bonds. The molecule has 7 heteroatoms. The van der Waals surface area contributed by atoms with Crippen molar-refractivity contribution in [2.24, 2.45) is 0 Å². The molecule has 169 valence electrons. The van der Waals surface area contributed by atoms with Gasteiger partial charge in [0, 0.05) is 6.26 Å². The average molecular weight is 555 g/mol. The largest absolute Gasteiger partial charge is 3.00 e.